The van der Waals surface area contributed by atoms with Gasteiger partial charge in [-0.2, -0.15) is 11.8 Å². The number of hydrogen-bond donors (Lipinski definition) is 1. The largest absolute Gasteiger partial charge is 0.306 e. The number of thioether (sulfide) groups is 2. The fourth-order valence-corrected chi connectivity index (χ4v) is 3.88. The first-order chi connectivity index (χ1) is 8.20. The van der Waals surface area contributed by atoms with Crippen molar-refractivity contribution in [1.82, 2.24) is 5.32 Å². The van der Waals surface area contributed by atoms with E-state index in [-0.39, 0.29) is 0 Å². The van der Waals surface area contributed by atoms with Crippen LogP contribution in [0.4, 0.5) is 0 Å². The summed E-state index contributed by atoms with van der Waals surface area (Å²) in [6, 6.07) is 10.1. The van der Waals surface area contributed by atoms with Crippen LogP contribution in [0.25, 0.3) is 0 Å². The zero-order valence-corrected chi connectivity index (χ0v) is 12.4. The van der Waals surface area contributed by atoms with Gasteiger partial charge in [0.25, 0.3) is 0 Å². The van der Waals surface area contributed by atoms with Crippen LogP contribution in [0.3, 0.4) is 0 Å². The van der Waals surface area contributed by atoms with E-state index in [9.17, 15) is 0 Å². The van der Waals surface area contributed by atoms with Crippen molar-refractivity contribution in [1.29, 1.82) is 0 Å². The Bertz CT molecular complexity index is 350. The topological polar surface area (TPSA) is 12.0 Å². The van der Waals surface area contributed by atoms with E-state index in [2.05, 4.69) is 61.4 Å². The summed E-state index contributed by atoms with van der Waals surface area (Å²) in [5, 5.41) is 4.51. The van der Waals surface area contributed by atoms with Crippen LogP contribution in [0, 0.1) is 0 Å². The van der Waals surface area contributed by atoms with Crippen molar-refractivity contribution >= 4 is 23.5 Å². The highest BCUT2D eigenvalue weighted by Crippen LogP contribution is 2.28. The Morgan fingerprint density at radius 1 is 1.35 bits per heavy atom. The number of nitrogens with one attached hydrogen (secondary N) is 1. The Kier molecular flexibility index (Phi) is 4.83. The molecule has 0 radical (unpaired) electrons. The first-order valence-electron chi connectivity index (χ1n) is 6.22. The van der Waals surface area contributed by atoms with Crippen molar-refractivity contribution in [3.63, 3.8) is 0 Å². The molecule has 0 bridgehead atoms. The molecular weight excluding hydrogens is 246 g/mol. The minimum Gasteiger partial charge on any atom is -0.306 e. The smallest absolute Gasteiger partial charge is 0.0294 e. The van der Waals surface area contributed by atoms with E-state index >= 15 is 0 Å². The fraction of sp³-hybridized carbons (Fsp3) is 0.571. The van der Waals surface area contributed by atoms with E-state index in [1.165, 1.54) is 22.6 Å². The third-order valence-electron chi connectivity index (χ3n) is 3.46. The molecule has 1 nitrogen and oxygen atoms in total. The normalized spacial score (nSPS) is 26.1. The molecule has 1 saturated heterocycles. The van der Waals surface area contributed by atoms with Crippen molar-refractivity contribution in [2.24, 2.45) is 0 Å². The lowest BCUT2D eigenvalue weighted by Gasteiger charge is -2.22. The predicted octanol–water partition coefficient (Wildman–Crippen LogP) is 3.95. The van der Waals surface area contributed by atoms with Crippen LogP contribution >= 0.6 is 23.5 Å². The Morgan fingerprint density at radius 2 is 2.06 bits per heavy atom. The second-order valence-corrected chi connectivity index (χ2v) is 7.00. The molecule has 1 N–H and O–H groups in total. The summed E-state index contributed by atoms with van der Waals surface area (Å²) >= 11 is 3.88. The maximum absolute atomic E-state index is 3.75. The van der Waals surface area contributed by atoms with E-state index in [4.69, 9.17) is 0 Å². The van der Waals surface area contributed by atoms with Crippen LogP contribution in [-0.4, -0.2) is 23.3 Å². The first kappa shape index (κ1) is 13.3. The summed E-state index contributed by atoms with van der Waals surface area (Å²) in [7, 11) is 0. The lowest BCUT2D eigenvalue weighted by Crippen LogP contribution is -2.35. The molecule has 3 unspecified atom stereocenters. The van der Waals surface area contributed by atoms with Gasteiger partial charge in [0.1, 0.15) is 0 Å². The first-order valence-corrected chi connectivity index (χ1v) is 8.49. The number of benzene rings is 1. The summed E-state index contributed by atoms with van der Waals surface area (Å²) in [5.41, 5.74) is 1.40. The van der Waals surface area contributed by atoms with Crippen LogP contribution in [0.15, 0.2) is 29.2 Å². The zero-order chi connectivity index (χ0) is 12.3. The molecule has 1 aromatic carbocycles. The van der Waals surface area contributed by atoms with E-state index in [1.807, 2.05) is 0 Å². The molecule has 3 atom stereocenters. The van der Waals surface area contributed by atoms with Gasteiger partial charge in [-0.15, -0.1) is 11.8 Å². The summed E-state index contributed by atoms with van der Waals surface area (Å²) in [4.78, 5) is 1.34. The summed E-state index contributed by atoms with van der Waals surface area (Å²) in [6.45, 7) is 4.60. The number of rotatable bonds is 4. The lowest BCUT2D eigenvalue weighted by atomic mass is 10.1. The van der Waals surface area contributed by atoms with Crippen molar-refractivity contribution < 1.29 is 0 Å². The average Bonchev–Trinajstić information content (AvgIpc) is 2.75. The van der Waals surface area contributed by atoms with E-state index in [0.717, 1.165) is 5.25 Å². The molecule has 94 valence electrons. The molecule has 3 heteroatoms. The number of hydrogen-bond acceptors (Lipinski definition) is 3. The highest BCUT2D eigenvalue weighted by atomic mass is 32.2. The Hall–Kier alpha value is -0.120. The standard InChI is InChI=1S/C14H21NS2/c1-10(15-14-8-9-17-11(14)2)12-4-6-13(16-3)7-5-12/h4-7,10-11,14-15H,8-9H2,1-3H3. The molecule has 2 rings (SSSR count). The summed E-state index contributed by atoms with van der Waals surface area (Å²) < 4.78 is 0. The van der Waals surface area contributed by atoms with E-state index in [0.29, 0.717) is 12.1 Å². The van der Waals surface area contributed by atoms with Crippen LogP contribution < -0.4 is 5.32 Å². The predicted molar refractivity (Wildman–Crippen MR) is 80.1 cm³/mol. The van der Waals surface area contributed by atoms with Gasteiger partial charge in [-0.1, -0.05) is 19.1 Å². The monoisotopic (exact) mass is 267 g/mol. The van der Waals surface area contributed by atoms with Crippen molar-refractivity contribution in [2.45, 2.75) is 42.5 Å². The second kappa shape index (κ2) is 6.17. The van der Waals surface area contributed by atoms with Gasteiger partial charge in [0.05, 0.1) is 0 Å². The second-order valence-electron chi connectivity index (χ2n) is 4.63. The molecule has 0 saturated carbocycles. The van der Waals surface area contributed by atoms with Crippen molar-refractivity contribution in [3.8, 4) is 0 Å². The SMILES string of the molecule is CSc1ccc(C(C)NC2CCSC2C)cc1. The van der Waals surface area contributed by atoms with Gasteiger partial charge in [-0.25, -0.2) is 0 Å². The molecule has 1 aliphatic heterocycles. The quantitative estimate of drug-likeness (QED) is 0.830. The summed E-state index contributed by atoms with van der Waals surface area (Å²) in [6.07, 6.45) is 3.42. The van der Waals surface area contributed by atoms with Gasteiger partial charge >= 0.3 is 0 Å². The van der Waals surface area contributed by atoms with Gasteiger partial charge in [-0.3, -0.25) is 0 Å². The Morgan fingerprint density at radius 3 is 2.59 bits per heavy atom. The molecule has 1 aromatic rings. The van der Waals surface area contributed by atoms with Gasteiger partial charge in [0, 0.05) is 22.2 Å². The van der Waals surface area contributed by atoms with Gasteiger partial charge in [0.2, 0.25) is 0 Å². The van der Waals surface area contributed by atoms with Crippen molar-refractivity contribution in [2.75, 3.05) is 12.0 Å². The molecule has 17 heavy (non-hydrogen) atoms. The Balaban J connectivity index is 1.96. The molecule has 0 aromatic heterocycles. The molecular formula is C14H21NS2. The maximum Gasteiger partial charge on any atom is 0.0294 e. The summed E-state index contributed by atoms with van der Waals surface area (Å²) in [5.74, 6) is 1.30. The van der Waals surface area contributed by atoms with Crippen LogP contribution in [0.2, 0.25) is 0 Å². The minimum atomic E-state index is 0.456. The third kappa shape index (κ3) is 3.43. The van der Waals surface area contributed by atoms with Gasteiger partial charge in [0.15, 0.2) is 0 Å². The van der Waals surface area contributed by atoms with E-state index in [1.54, 1.807) is 11.8 Å². The third-order valence-corrected chi connectivity index (χ3v) is 5.53. The lowest BCUT2D eigenvalue weighted by molar-refractivity contribution is 0.454. The van der Waals surface area contributed by atoms with Crippen LogP contribution in [0.5, 0.6) is 0 Å². The van der Waals surface area contributed by atoms with Crippen LogP contribution in [-0.2, 0) is 0 Å². The molecule has 1 heterocycles. The highest BCUT2D eigenvalue weighted by molar-refractivity contribution is 8.00. The molecule has 1 fully saturated rings. The fourth-order valence-electron chi connectivity index (χ4n) is 2.26. The average molecular weight is 267 g/mol. The Labute approximate surface area is 113 Å². The molecule has 0 spiro atoms. The molecule has 1 aliphatic rings. The van der Waals surface area contributed by atoms with Crippen LogP contribution in [0.1, 0.15) is 31.9 Å². The van der Waals surface area contributed by atoms with Gasteiger partial charge in [-0.05, 0) is 43.0 Å². The zero-order valence-electron chi connectivity index (χ0n) is 10.8. The minimum absolute atomic E-state index is 0.456. The molecule has 0 aliphatic carbocycles. The highest BCUT2D eigenvalue weighted by Gasteiger charge is 2.25. The van der Waals surface area contributed by atoms with Gasteiger partial charge < -0.3 is 5.32 Å². The van der Waals surface area contributed by atoms with E-state index < -0.39 is 0 Å². The molecule has 0 amide bonds. The maximum atomic E-state index is 3.75. The van der Waals surface area contributed by atoms with Crippen molar-refractivity contribution in [3.05, 3.63) is 29.8 Å².